The van der Waals surface area contributed by atoms with E-state index in [2.05, 4.69) is 16.9 Å². The molecular weight excluding hydrogens is 305 g/mol. The number of halogens is 2. The lowest BCUT2D eigenvalue weighted by Gasteiger charge is -2.27. The summed E-state index contributed by atoms with van der Waals surface area (Å²) in [5.74, 6) is 0. The number of benzene rings is 1. The second-order valence-electron chi connectivity index (χ2n) is 5.01. The molecule has 1 atom stereocenters. The number of nitrogens with two attached hydrogens (primary N) is 1. The summed E-state index contributed by atoms with van der Waals surface area (Å²) in [5, 5.41) is 1.13. The van der Waals surface area contributed by atoms with Gasteiger partial charge < -0.3 is 5.73 Å². The van der Waals surface area contributed by atoms with Crippen molar-refractivity contribution in [3.8, 4) is 0 Å². The monoisotopic (exact) mass is 323 g/mol. The third-order valence-electron chi connectivity index (χ3n) is 3.59. The average molecular weight is 324 g/mol. The Morgan fingerprint density at radius 3 is 2.48 bits per heavy atom. The zero-order valence-electron chi connectivity index (χ0n) is 12.0. The quantitative estimate of drug-likeness (QED) is 0.883. The lowest BCUT2D eigenvalue weighted by atomic mass is 10.0. The molecule has 1 aromatic carbocycles. The Morgan fingerprint density at radius 2 is 1.86 bits per heavy atom. The van der Waals surface area contributed by atoms with Crippen molar-refractivity contribution in [2.45, 2.75) is 12.5 Å². The largest absolute Gasteiger partial charge is 0.329 e. The highest BCUT2D eigenvalue weighted by Gasteiger charge is 2.16. The van der Waals surface area contributed by atoms with E-state index in [1.807, 2.05) is 42.7 Å². The highest BCUT2D eigenvalue weighted by Crippen LogP contribution is 2.27. The van der Waals surface area contributed by atoms with Gasteiger partial charge in [0.25, 0.3) is 0 Å². The van der Waals surface area contributed by atoms with Gasteiger partial charge in [-0.3, -0.25) is 9.88 Å². The molecule has 21 heavy (non-hydrogen) atoms. The number of hydrogen-bond donors (Lipinski definition) is 1. The topological polar surface area (TPSA) is 42.2 Å². The number of aromatic nitrogens is 1. The fraction of sp³-hybridized carbons (Fsp3) is 0.312. The van der Waals surface area contributed by atoms with Crippen molar-refractivity contribution < 1.29 is 0 Å². The highest BCUT2D eigenvalue weighted by atomic mass is 35.5. The lowest BCUT2D eigenvalue weighted by Crippen LogP contribution is -2.32. The normalized spacial score (nSPS) is 12.6. The zero-order valence-corrected chi connectivity index (χ0v) is 13.5. The van der Waals surface area contributed by atoms with Crippen molar-refractivity contribution in [2.75, 3.05) is 20.1 Å². The first-order valence-electron chi connectivity index (χ1n) is 6.86. The summed E-state index contributed by atoms with van der Waals surface area (Å²) in [6, 6.07) is 9.88. The van der Waals surface area contributed by atoms with E-state index in [1.54, 1.807) is 0 Å². The van der Waals surface area contributed by atoms with E-state index in [0.717, 1.165) is 18.5 Å². The maximum absolute atomic E-state index is 6.09. The third kappa shape index (κ3) is 4.42. The first kappa shape index (κ1) is 16.2. The molecule has 0 saturated heterocycles. The van der Waals surface area contributed by atoms with Crippen LogP contribution in [0.2, 0.25) is 10.0 Å². The summed E-state index contributed by atoms with van der Waals surface area (Å²) >= 11 is 12.1. The Bertz CT molecular complexity index is 575. The minimum Gasteiger partial charge on any atom is -0.329 e. The van der Waals surface area contributed by atoms with E-state index in [0.29, 0.717) is 16.6 Å². The van der Waals surface area contributed by atoms with Crippen molar-refractivity contribution in [1.82, 2.24) is 9.88 Å². The summed E-state index contributed by atoms with van der Waals surface area (Å²) in [7, 11) is 2.07. The van der Waals surface area contributed by atoms with Crippen molar-refractivity contribution in [2.24, 2.45) is 5.73 Å². The molecule has 5 heteroatoms. The van der Waals surface area contributed by atoms with E-state index >= 15 is 0 Å². The van der Waals surface area contributed by atoms with Gasteiger partial charge in [0, 0.05) is 31.5 Å². The van der Waals surface area contributed by atoms with E-state index in [-0.39, 0.29) is 6.04 Å². The van der Waals surface area contributed by atoms with Crippen LogP contribution in [-0.4, -0.2) is 30.0 Å². The van der Waals surface area contributed by atoms with Crippen molar-refractivity contribution in [3.63, 3.8) is 0 Å². The van der Waals surface area contributed by atoms with Gasteiger partial charge in [-0.2, -0.15) is 0 Å². The van der Waals surface area contributed by atoms with Crippen LogP contribution in [0.1, 0.15) is 17.2 Å². The molecule has 0 aliphatic heterocycles. The predicted octanol–water partition coefficient (Wildman–Crippen LogP) is 3.56. The van der Waals surface area contributed by atoms with Gasteiger partial charge >= 0.3 is 0 Å². The first-order chi connectivity index (χ1) is 10.1. The summed E-state index contributed by atoms with van der Waals surface area (Å²) in [6.45, 7) is 1.44. The van der Waals surface area contributed by atoms with Crippen LogP contribution in [0.3, 0.4) is 0 Å². The molecule has 0 bridgehead atoms. The number of nitrogens with zero attached hydrogens (tertiary/aromatic N) is 2. The minimum absolute atomic E-state index is 0.126. The smallest absolute Gasteiger partial charge is 0.0595 e. The van der Waals surface area contributed by atoms with Crippen LogP contribution in [0.25, 0.3) is 0 Å². The standard InChI is InChI=1S/C16H19Cl2N3/c1-21(9-6-12-4-7-20-8-5-12)16(11-19)13-2-3-14(17)15(18)10-13/h2-5,7-8,10,16H,6,9,11,19H2,1H3. The van der Waals surface area contributed by atoms with Crippen LogP contribution in [0.5, 0.6) is 0 Å². The third-order valence-corrected chi connectivity index (χ3v) is 4.33. The molecule has 0 spiro atoms. The van der Waals surface area contributed by atoms with Gasteiger partial charge in [0.05, 0.1) is 10.0 Å². The molecule has 0 saturated carbocycles. The van der Waals surface area contributed by atoms with Gasteiger partial charge in [0.1, 0.15) is 0 Å². The molecule has 0 fully saturated rings. The van der Waals surface area contributed by atoms with E-state index in [4.69, 9.17) is 28.9 Å². The highest BCUT2D eigenvalue weighted by molar-refractivity contribution is 6.42. The molecular formula is C16H19Cl2N3. The summed E-state index contributed by atoms with van der Waals surface area (Å²) in [5.41, 5.74) is 8.29. The van der Waals surface area contributed by atoms with Gasteiger partial charge in [-0.25, -0.2) is 0 Å². The fourth-order valence-corrected chi connectivity index (χ4v) is 2.61. The van der Waals surface area contributed by atoms with Crippen LogP contribution in [-0.2, 0) is 6.42 Å². The van der Waals surface area contributed by atoms with E-state index < -0.39 is 0 Å². The molecule has 0 aliphatic rings. The molecule has 1 unspecified atom stereocenters. The van der Waals surface area contributed by atoms with Crippen LogP contribution < -0.4 is 5.73 Å². The molecule has 0 amide bonds. The molecule has 0 aliphatic carbocycles. The fourth-order valence-electron chi connectivity index (χ4n) is 2.30. The Labute approximate surface area is 135 Å². The van der Waals surface area contributed by atoms with Gasteiger partial charge in [0.2, 0.25) is 0 Å². The Kier molecular flexibility index (Phi) is 6.00. The van der Waals surface area contributed by atoms with E-state index in [1.165, 1.54) is 5.56 Å². The molecule has 112 valence electrons. The number of pyridine rings is 1. The number of rotatable bonds is 6. The summed E-state index contributed by atoms with van der Waals surface area (Å²) in [6.07, 6.45) is 4.58. The first-order valence-corrected chi connectivity index (χ1v) is 7.61. The number of likely N-dealkylation sites (N-methyl/N-ethyl adjacent to an activating group) is 1. The van der Waals surface area contributed by atoms with Crippen LogP contribution in [0.4, 0.5) is 0 Å². The average Bonchev–Trinajstić information content (AvgIpc) is 2.50. The number of hydrogen-bond acceptors (Lipinski definition) is 3. The SMILES string of the molecule is CN(CCc1ccncc1)C(CN)c1ccc(Cl)c(Cl)c1. The summed E-state index contributed by atoms with van der Waals surface area (Å²) < 4.78 is 0. The Morgan fingerprint density at radius 1 is 1.14 bits per heavy atom. The second-order valence-corrected chi connectivity index (χ2v) is 5.83. The second kappa shape index (κ2) is 7.76. The zero-order chi connectivity index (χ0) is 15.2. The predicted molar refractivity (Wildman–Crippen MR) is 88.8 cm³/mol. The van der Waals surface area contributed by atoms with Crippen molar-refractivity contribution in [1.29, 1.82) is 0 Å². The maximum Gasteiger partial charge on any atom is 0.0595 e. The van der Waals surface area contributed by atoms with Crippen molar-refractivity contribution in [3.05, 3.63) is 63.9 Å². The van der Waals surface area contributed by atoms with Gasteiger partial charge in [-0.1, -0.05) is 29.3 Å². The lowest BCUT2D eigenvalue weighted by molar-refractivity contribution is 0.253. The van der Waals surface area contributed by atoms with Gasteiger partial charge in [-0.05, 0) is 48.9 Å². The molecule has 1 heterocycles. The molecule has 1 aromatic heterocycles. The molecule has 2 rings (SSSR count). The Hall–Kier alpha value is -1.13. The van der Waals surface area contributed by atoms with E-state index in [9.17, 15) is 0 Å². The minimum atomic E-state index is 0.126. The molecule has 2 N–H and O–H groups in total. The van der Waals surface area contributed by atoms with Crippen molar-refractivity contribution >= 4 is 23.2 Å². The molecule has 3 nitrogen and oxygen atoms in total. The molecule has 2 aromatic rings. The van der Waals surface area contributed by atoms with Gasteiger partial charge in [-0.15, -0.1) is 0 Å². The molecule has 0 radical (unpaired) electrons. The maximum atomic E-state index is 6.09. The summed E-state index contributed by atoms with van der Waals surface area (Å²) in [4.78, 5) is 6.26. The van der Waals surface area contributed by atoms with Crippen LogP contribution in [0, 0.1) is 0 Å². The van der Waals surface area contributed by atoms with Crippen LogP contribution in [0.15, 0.2) is 42.7 Å². The Balaban J connectivity index is 2.04. The van der Waals surface area contributed by atoms with Crippen LogP contribution >= 0.6 is 23.2 Å². The van der Waals surface area contributed by atoms with Gasteiger partial charge in [0.15, 0.2) is 0 Å².